The monoisotopic (exact) mass is 470 g/mol. The molecule has 0 radical (unpaired) electrons. The van der Waals surface area contributed by atoms with Crippen molar-refractivity contribution in [2.75, 3.05) is 0 Å². The van der Waals surface area contributed by atoms with Crippen LogP contribution in [0.5, 0.6) is 5.75 Å². The Kier molecular flexibility index (Phi) is 7.53. The molecule has 1 atom stereocenters. The van der Waals surface area contributed by atoms with E-state index in [0.717, 1.165) is 0 Å². The minimum Gasteiger partial charge on any atom is -0.509 e. The van der Waals surface area contributed by atoms with Crippen LogP contribution >= 0.6 is 0 Å². The lowest BCUT2D eigenvalue weighted by atomic mass is 9.97. The Morgan fingerprint density at radius 2 is 1.52 bits per heavy atom. The number of alkyl carbamates (subject to hydrolysis) is 1. The fourth-order valence-corrected chi connectivity index (χ4v) is 2.77. The number of nitriles is 1. The zero-order chi connectivity index (χ0) is 25.1. The number of rotatable bonds is 5. The van der Waals surface area contributed by atoms with Gasteiger partial charge < -0.3 is 20.3 Å². The minimum atomic E-state index is -2.43. The third kappa shape index (κ3) is 5.91. The zero-order valence-electron chi connectivity index (χ0n) is 17.6. The van der Waals surface area contributed by atoms with Gasteiger partial charge in [-0.2, -0.15) is 5.26 Å². The van der Waals surface area contributed by atoms with E-state index in [4.69, 9.17) is 4.74 Å². The number of hydrogen-bond donors (Lipinski definition) is 3. The minimum absolute atomic E-state index is 0.103. The molecule has 0 saturated carbocycles. The summed E-state index contributed by atoms with van der Waals surface area (Å²) < 4.78 is 74.3. The van der Waals surface area contributed by atoms with Gasteiger partial charge in [0.2, 0.25) is 5.82 Å². The number of ether oxygens (including phenoxy) is 1. The van der Waals surface area contributed by atoms with Gasteiger partial charge in [-0.25, -0.2) is 26.7 Å². The average Bonchev–Trinajstić information content (AvgIpc) is 2.73. The second-order valence-corrected chi connectivity index (χ2v) is 7.89. The van der Waals surface area contributed by atoms with E-state index in [-0.39, 0.29) is 12.2 Å². The molecule has 6 nitrogen and oxygen atoms in total. The van der Waals surface area contributed by atoms with Crippen molar-refractivity contribution in [1.29, 1.82) is 5.26 Å². The number of phenolic OH excluding ortho intramolecular Hbond substituents is 1. The fraction of sp³-hybridized carbons (Fsp3) is 0.273. The van der Waals surface area contributed by atoms with Crippen LogP contribution in [0, 0.1) is 40.4 Å². The van der Waals surface area contributed by atoms with Crippen LogP contribution in [0.15, 0.2) is 30.0 Å². The van der Waals surface area contributed by atoms with Crippen molar-refractivity contribution in [3.8, 4) is 11.8 Å². The first-order valence-electron chi connectivity index (χ1n) is 9.39. The summed E-state index contributed by atoms with van der Waals surface area (Å²) in [7, 11) is 0. The maximum Gasteiger partial charge on any atom is 0.408 e. The van der Waals surface area contributed by atoms with E-state index in [1.54, 1.807) is 0 Å². The Bertz CT molecular complexity index is 1110. The fourth-order valence-electron chi connectivity index (χ4n) is 2.77. The highest BCUT2D eigenvalue weighted by atomic mass is 19.2. The quantitative estimate of drug-likeness (QED) is 0.187. The molecule has 2 aromatic rings. The number of phenols is 1. The molecule has 0 aliphatic heterocycles. The molecule has 0 fully saturated rings. The first-order valence-corrected chi connectivity index (χ1v) is 9.39. The Balaban J connectivity index is 2.63. The SMILES string of the molecule is CC(C)(C)OC(=O)N[C@@H](Cc1ccc(O)cc1)/C(O)=C(\C#N)c1c(F)c(F)c(F)c(F)c1F. The highest BCUT2D eigenvalue weighted by Crippen LogP contribution is 2.31. The molecule has 11 heteroatoms. The predicted molar refractivity (Wildman–Crippen MR) is 106 cm³/mol. The van der Waals surface area contributed by atoms with E-state index in [2.05, 4.69) is 5.32 Å². The summed E-state index contributed by atoms with van der Waals surface area (Å²) in [6.07, 6.45) is -1.39. The Hall–Kier alpha value is -3.81. The Morgan fingerprint density at radius 1 is 1.03 bits per heavy atom. The predicted octanol–water partition coefficient (Wildman–Crippen LogP) is 5.02. The molecule has 3 N–H and O–H groups in total. The third-order valence-corrected chi connectivity index (χ3v) is 4.22. The maximum atomic E-state index is 14.3. The first kappa shape index (κ1) is 25.5. The van der Waals surface area contributed by atoms with E-state index >= 15 is 0 Å². The van der Waals surface area contributed by atoms with Crippen molar-refractivity contribution in [2.45, 2.75) is 38.8 Å². The molecule has 0 aromatic heterocycles. The number of halogens is 5. The van der Waals surface area contributed by atoms with E-state index < -0.39 is 63.7 Å². The van der Waals surface area contributed by atoms with E-state index in [0.29, 0.717) is 5.56 Å². The molecule has 2 rings (SSSR count). The molecule has 2 aromatic carbocycles. The second kappa shape index (κ2) is 9.77. The van der Waals surface area contributed by atoms with Crippen LogP contribution in [-0.4, -0.2) is 27.9 Å². The summed E-state index contributed by atoms with van der Waals surface area (Å²) >= 11 is 0. The van der Waals surface area contributed by atoms with Gasteiger partial charge in [0.1, 0.15) is 28.8 Å². The molecule has 0 spiro atoms. The molecule has 0 aliphatic carbocycles. The lowest BCUT2D eigenvalue weighted by molar-refractivity contribution is 0.0501. The van der Waals surface area contributed by atoms with E-state index in [1.807, 2.05) is 0 Å². The van der Waals surface area contributed by atoms with Crippen molar-refractivity contribution in [3.63, 3.8) is 0 Å². The lowest BCUT2D eigenvalue weighted by Crippen LogP contribution is -2.41. The third-order valence-electron chi connectivity index (χ3n) is 4.22. The maximum absolute atomic E-state index is 14.3. The molecule has 0 saturated heterocycles. The van der Waals surface area contributed by atoms with Crippen molar-refractivity contribution >= 4 is 11.7 Å². The number of nitrogens with one attached hydrogen (secondary N) is 1. The van der Waals surface area contributed by atoms with Crippen LogP contribution in [-0.2, 0) is 11.2 Å². The van der Waals surface area contributed by atoms with Crippen LogP contribution in [0.1, 0.15) is 31.9 Å². The smallest absolute Gasteiger partial charge is 0.408 e. The van der Waals surface area contributed by atoms with Crippen LogP contribution < -0.4 is 5.32 Å². The van der Waals surface area contributed by atoms with Gasteiger partial charge in [-0.15, -0.1) is 0 Å². The van der Waals surface area contributed by atoms with Gasteiger partial charge in [0.25, 0.3) is 0 Å². The topological polar surface area (TPSA) is 103 Å². The number of nitrogens with zero attached hydrogens (tertiary/aromatic N) is 1. The highest BCUT2D eigenvalue weighted by molar-refractivity contribution is 5.80. The molecule has 176 valence electrons. The molecular formula is C22H19F5N2O4. The Labute approximate surface area is 185 Å². The molecule has 1 amide bonds. The number of hydrogen-bond acceptors (Lipinski definition) is 5. The van der Waals surface area contributed by atoms with E-state index in [9.17, 15) is 42.2 Å². The number of carbonyl (C=O) groups excluding carboxylic acids is 1. The van der Waals surface area contributed by atoms with Gasteiger partial charge in [-0.1, -0.05) is 12.1 Å². The van der Waals surface area contributed by atoms with Crippen LogP contribution in [0.25, 0.3) is 5.57 Å². The summed E-state index contributed by atoms with van der Waals surface area (Å²) in [4.78, 5) is 12.2. The highest BCUT2D eigenvalue weighted by Gasteiger charge is 2.32. The molecule has 0 bridgehead atoms. The number of amides is 1. The van der Waals surface area contributed by atoms with Gasteiger partial charge in [-0.05, 0) is 38.5 Å². The molecule has 33 heavy (non-hydrogen) atoms. The lowest BCUT2D eigenvalue weighted by Gasteiger charge is -2.24. The molecular weight excluding hydrogens is 451 g/mol. The van der Waals surface area contributed by atoms with E-state index in [1.165, 1.54) is 51.1 Å². The number of allylic oxidation sites excluding steroid dienone is 1. The Morgan fingerprint density at radius 3 is 1.97 bits per heavy atom. The van der Waals surface area contributed by atoms with Gasteiger partial charge in [0.15, 0.2) is 23.3 Å². The van der Waals surface area contributed by atoms with Crippen LogP contribution in [0.3, 0.4) is 0 Å². The summed E-state index contributed by atoms with van der Waals surface area (Å²) in [6, 6.07) is 4.98. The second-order valence-electron chi connectivity index (χ2n) is 7.89. The van der Waals surface area contributed by atoms with Crippen molar-refractivity contribution in [1.82, 2.24) is 5.32 Å². The summed E-state index contributed by atoms with van der Waals surface area (Å²) in [5.74, 6) is -13.0. The number of aliphatic hydroxyl groups excluding tert-OH is 1. The molecule has 0 unspecified atom stereocenters. The summed E-state index contributed by atoms with van der Waals surface area (Å²) in [5, 5.41) is 31.7. The number of aromatic hydroxyl groups is 1. The zero-order valence-corrected chi connectivity index (χ0v) is 17.6. The van der Waals surface area contributed by atoms with Crippen molar-refractivity contribution in [2.24, 2.45) is 0 Å². The van der Waals surface area contributed by atoms with Crippen molar-refractivity contribution < 1.29 is 41.7 Å². The van der Waals surface area contributed by atoms with Crippen LogP contribution in [0.2, 0.25) is 0 Å². The first-order chi connectivity index (χ1) is 15.3. The van der Waals surface area contributed by atoms with Crippen molar-refractivity contribution in [3.05, 3.63) is 70.2 Å². The van der Waals surface area contributed by atoms with Crippen LogP contribution in [0.4, 0.5) is 26.7 Å². The molecule has 0 aliphatic rings. The number of aliphatic hydroxyl groups is 1. The molecule has 0 heterocycles. The van der Waals surface area contributed by atoms with Gasteiger partial charge in [0, 0.05) is 6.42 Å². The standard InChI is InChI=1S/C22H19F5N2O4/c1-22(2,3)33-21(32)29-13(8-10-4-6-11(30)7-5-10)20(31)12(9-28)14-15(23)17(25)19(27)18(26)16(14)24/h4-7,13,30-31H,8H2,1-3H3,(H,29,32)/b20-12-/t13-/m0/s1. The average molecular weight is 470 g/mol. The van der Waals surface area contributed by atoms with Gasteiger partial charge in [0.05, 0.1) is 11.6 Å². The largest absolute Gasteiger partial charge is 0.509 e. The summed E-state index contributed by atoms with van der Waals surface area (Å²) in [6.45, 7) is 4.60. The summed E-state index contributed by atoms with van der Waals surface area (Å²) in [5.41, 5.74) is -3.53. The van der Waals surface area contributed by atoms with Gasteiger partial charge >= 0.3 is 6.09 Å². The number of benzene rings is 2. The normalized spacial score (nSPS) is 13.1. The van der Waals surface area contributed by atoms with Gasteiger partial charge in [-0.3, -0.25) is 0 Å². The number of carbonyl (C=O) groups is 1.